The molecule has 0 aliphatic heterocycles. The maximum Gasteiger partial charge on any atom is 0.251 e. The quantitative estimate of drug-likeness (QED) is 0.479. The largest absolute Gasteiger partial charge is 0.347 e. The van der Waals surface area contributed by atoms with E-state index in [1.54, 1.807) is 6.20 Å². The van der Waals surface area contributed by atoms with Gasteiger partial charge in [0.2, 0.25) is 0 Å². The van der Waals surface area contributed by atoms with Gasteiger partial charge in [0.05, 0.1) is 10.7 Å². The molecule has 7 rings (SSSR count). The van der Waals surface area contributed by atoms with Gasteiger partial charge in [0.25, 0.3) is 5.91 Å². The topological polar surface area (TPSA) is 85.6 Å². The van der Waals surface area contributed by atoms with Crippen LogP contribution >= 0.6 is 11.6 Å². The zero-order chi connectivity index (χ0) is 22.4. The molecule has 3 aliphatic rings. The summed E-state index contributed by atoms with van der Waals surface area (Å²) < 4.78 is 2.02. The van der Waals surface area contributed by atoms with Crippen molar-refractivity contribution in [2.45, 2.75) is 30.7 Å². The molecule has 0 spiro atoms. The lowest BCUT2D eigenvalue weighted by Gasteiger charge is -2.39. The normalized spacial score (nSPS) is 23.2. The maximum absolute atomic E-state index is 12.8. The van der Waals surface area contributed by atoms with Gasteiger partial charge in [-0.3, -0.25) is 9.36 Å². The van der Waals surface area contributed by atoms with Crippen LogP contribution in [0.15, 0.2) is 73.2 Å². The van der Waals surface area contributed by atoms with E-state index in [1.807, 2.05) is 65.2 Å². The molecule has 7 nitrogen and oxygen atoms in total. The molecule has 0 saturated heterocycles. The number of hydrogen-bond acceptors (Lipinski definition) is 5. The molecule has 164 valence electrons. The summed E-state index contributed by atoms with van der Waals surface area (Å²) in [7, 11) is 0. The summed E-state index contributed by atoms with van der Waals surface area (Å²) in [6, 6.07) is 18.9. The number of fused-ring (bicyclic) bond motifs is 1. The number of benzene rings is 2. The zero-order valence-corrected chi connectivity index (χ0v) is 18.5. The summed E-state index contributed by atoms with van der Waals surface area (Å²) >= 11 is 6.60. The van der Waals surface area contributed by atoms with Crippen molar-refractivity contribution >= 4 is 17.5 Å². The molecule has 2 bridgehead atoms. The van der Waals surface area contributed by atoms with E-state index in [2.05, 4.69) is 25.5 Å². The van der Waals surface area contributed by atoms with Crippen LogP contribution < -0.4 is 5.32 Å². The van der Waals surface area contributed by atoms with Crippen molar-refractivity contribution in [3.8, 4) is 17.2 Å². The Hall–Kier alpha value is -3.58. The number of aromatic nitrogens is 5. The average molecular weight is 457 g/mol. The van der Waals surface area contributed by atoms with E-state index in [0.717, 1.165) is 30.8 Å². The van der Waals surface area contributed by atoms with Crippen LogP contribution in [0.2, 0.25) is 5.02 Å². The van der Waals surface area contributed by atoms with Crippen molar-refractivity contribution in [2.24, 2.45) is 5.92 Å². The van der Waals surface area contributed by atoms with Crippen LogP contribution in [-0.4, -0.2) is 36.2 Å². The Kier molecular flexibility index (Phi) is 4.73. The van der Waals surface area contributed by atoms with E-state index < -0.39 is 0 Å². The van der Waals surface area contributed by atoms with Crippen LogP contribution in [0, 0.1) is 5.92 Å². The number of nitrogens with zero attached hydrogens (tertiary/aromatic N) is 5. The predicted molar refractivity (Wildman–Crippen MR) is 124 cm³/mol. The van der Waals surface area contributed by atoms with Crippen molar-refractivity contribution in [1.29, 1.82) is 0 Å². The smallest absolute Gasteiger partial charge is 0.251 e. The van der Waals surface area contributed by atoms with Gasteiger partial charge in [-0.15, -0.1) is 10.2 Å². The molecule has 0 radical (unpaired) electrons. The Balaban J connectivity index is 1.35. The van der Waals surface area contributed by atoms with Crippen LogP contribution in [0.4, 0.5) is 0 Å². The van der Waals surface area contributed by atoms with E-state index >= 15 is 0 Å². The van der Waals surface area contributed by atoms with Gasteiger partial charge in [-0.25, -0.2) is 9.97 Å². The van der Waals surface area contributed by atoms with Gasteiger partial charge >= 0.3 is 0 Å². The van der Waals surface area contributed by atoms with E-state index in [-0.39, 0.29) is 17.4 Å². The Morgan fingerprint density at radius 3 is 2.55 bits per heavy atom. The first-order valence-electron chi connectivity index (χ1n) is 11.0. The molecule has 2 aromatic heterocycles. The molecule has 3 aliphatic carbocycles. The predicted octanol–water partition coefficient (Wildman–Crippen LogP) is 4.44. The number of carbonyl (C=O) groups excluding carboxylic acids is 1. The lowest BCUT2D eigenvalue weighted by Crippen LogP contribution is -2.51. The first-order chi connectivity index (χ1) is 16.1. The van der Waals surface area contributed by atoms with Gasteiger partial charge in [-0.1, -0.05) is 41.9 Å². The Labute approximate surface area is 195 Å². The number of para-hydroxylation sites is 1. The van der Waals surface area contributed by atoms with E-state index in [1.165, 1.54) is 6.33 Å². The molecule has 1 N–H and O–H groups in total. The van der Waals surface area contributed by atoms with E-state index in [0.29, 0.717) is 28.0 Å². The van der Waals surface area contributed by atoms with Gasteiger partial charge in [-0.2, -0.15) is 0 Å². The fourth-order valence-corrected chi connectivity index (χ4v) is 5.56. The van der Waals surface area contributed by atoms with Crippen LogP contribution in [0.25, 0.3) is 17.2 Å². The molecular formula is C25H21ClN6O. The first-order valence-corrected chi connectivity index (χ1v) is 11.4. The lowest BCUT2D eigenvalue weighted by atomic mass is 9.76. The molecule has 8 heteroatoms. The number of nitrogens with one attached hydrogen (secondary N) is 1. The molecule has 2 heterocycles. The van der Waals surface area contributed by atoms with Crippen molar-refractivity contribution in [3.05, 3.63) is 89.6 Å². The highest BCUT2D eigenvalue weighted by atomic mass is 35.5. The molecule has 1 unspecified atom stereocenters. The second-order valence-electron chi connectivity index (χ2n) is 8.84. The van der Waals surface area contributed by atoms with Crippen LogP contribution in [-0.2, 0) is 0 Å². The summed E-state index contributed by atoms with van der Waals surface area (Å²) in [5.74, 6) is 2.07. The standard InChI is InChI=1S/C25H21ClN6O/c26-19-8-4-5-9-21(19)32-22(30-31-23(32)20-10-11-27-15-28-20)18-14-25(12-17(18)13-25)29-24(33)16-6-2-1-3-7-16/h1-11,15,17-18H,12-14H2,(H,29,33). The van der Waals surface area contributed by atoms with Crippen molar-refractivity contribution < 1.29 is 4.79 Å². The van der Waals surface area contributed by atoms with E-state index in [9.17, 15) is 4.79 Å². The number of hydrogen-bond donors (Lipinski definition) is 1. The molecule has 2 aromatic carbocycles. The number of carbonyl (C=O) groups is 1. The third kappa shape index (κ3) is 3.40. The Morgan fingerprint density at radius 2 is 1.79 bits per heavy atom. The number of amides is 1. The molecule has 4 aromatic rings. The molecule has 3 saturated carbocycles. The van der Waals surface area contributed by atoms with Crippen LogP contribution in [0.1, 0.15) is 41.4 Å². The third-order valence-electron chi connectivity index (χ3n) is 6.82. The number of rotatable bonds is 5. The average Bonchev–Trinajstić information content (AvgIpc) is 3.51. The minimum Gasteiger partial charge on any atom is -0.347 e. The fourth-order valence-electron chi connectivity index (χ4n) is 5.34. The van der Waals surface area contributed by atoms with Crippen LogP contribution in [0.5, 0.6) is 0 Å². The van der Waals surface area contributed by atoms with Gasteiger partial charge in [0, 0.05) is 23.2 Å². The highest BCUT2D eigenvalue weighted by Crippen LogP contribution is 2.59. The van der Waals surface area contributed by atoms with Crippen molar-refractivity contribution in [2.75, 3.05) is 0 Å². The maximum atomic E-state index is 12.8. The molecule has 33 heavy (non-hydrogen) atoms. The second kappa shape index (κ2) is 7.78. The Bertz CT molecular complexity index is 1320. The summed E-state index contributed by atoms with van der Waals surface area (Å²) in [5.41, 5.74) is 1.98. The summed E-state index contributed by atoms with van der Waals surface area (Å²) in [6.07, 6.45) is 5.89. The molecule has 1 amide bonds. The second-order valence-corrected chi connectivity index (χ2v) is 9.25. The number of halogens is 1. The Morgan fingerprint density at radius 1 is 1.00 bits per heavy atom. The molecule has 3 fully saturated rings. The fraction of sp³-hybridized carbons (Fsp3) is 0.240. The minimum absolute atomic E-state index is 0.0241. The summed E-state index contributed by atoms with van der Waals surface area (Å²) in [4.78, 5) is 21.2. The van der Waals surface area contributed by atoms with Crippen molar-refractivity contribution in [1.82, 2.24) is 30.0 Å². The van der Waals surface area contributed by atoms with Crippen molar-refractivity contribution in [3.63, 3.8) is 0 Å². The van der Waals surface area contributed by atoms with E-state index in [4.69, 9.17) is 11.6 Å². The summed E-state index contributed by atoms with van der Waals surface area (Å²) in [5, 5.41) is 13.0. The molecular weight excluding hydrogens is 436 g/mol. The summed E-state index contributed by atoms with van der Waals surface area (Å²) in [6.45, 7) is 0. The molecule has 1 atom stereocenters. The highest BCUT2D eigenvalue weighted by molar-refractivity contribution is 6.32. The lowest BCUT2D eigenvalue weighted by molar-refractivity contribution is 0.0839. The first kappa shape index (κ1) is 20.1. The van der Waals surface area contributed by atoms with Gasteiger partial charge in [0.15, 0.2) is 5.82 Å². The third-order valence-corrected chi connectivity index (χ3v) is 7.14. The SMILES string of the molecule is O=C(NC12CC(C1)C(c1nnc(-c3ccncn3)n1-c1ccccc1Cl)C2)c1ccccc1. The minimum atomic E-state index is -0.200. The van der Waals surface area contributed by atoms with Gasteiger partial charge in [-0.05, 0) is 55.5 Å². The zero-order valence-electron chi connectivity index (χ0n) is 17.7. The highest BCUT2D eigenvalue weighted by Gasteiger charge is 2.58. The van der Waals surface area contributed by atoms with Gasteiger partial charge < -0.3 is 5.32 Å². The van der Waals surface area contributed by atoms with Gasteiger partial charge in [0.1, 0.15) is 17.8 Å². The van der Waals surface area contributed by atoms with Crippen LogP contribution in [0.3, 0.4) is 0 Å². The monoisotopic (exact) mass is 456 g/mol.